The predicted octanol–water partition coefficient (Wildman–Crippen LogP) is 3.78. The molecule has 0 aromatic heterocycles. The fourth-order valence-electron chi connectivity index (χ4n) is 2.54. The first-order valence-corrected chi connectivity index (χ1v) is 9.10. The molecule has 0 saturated carbocycles. The van der Waals surface area contributed by atoms with Crippen LogP contribution in [0.15, 0.2) is 70.9 Å². The van der Waals surface area contributed by atoms with Gasteiger partial charge >= 0.3 is 0 Å². The van der Waals surface area contributed by atoms with Crippen LogP contribution in [0.4, 0.5) is 0 Å². The van der Waals surface area contributed by atoms with Crippen molar-refractivity contribution in [2.24, 2.45) is 10.2 Å². The first-order valence-electron chi connectivity index (χ1n) is 9.10. The predicted molar refractivity (Wildman–Crippen MR) is 112 cm³/mol. The molecule has 0 fully saturated rings. The molecule has 2 aromatic rings. The van der Waals surface area contributed by atoms with Gasteiger partial charge in [0.1, 0.15) is 0 Å². The Morgan fingerprint density at radius 2 is 0.962 bits per heavy atom. The monoisotopic (exact) mass is 350 g/mol. The van der Waals surface area contributed by atoms with Crippen LogP contribution in [-0.2, 0) is 0 Å². The van der Waals surface area contributed by atoms with Crippen LogP contribution in [-0.4, -0.2) is 62.5 Å². The maximum atomic E-state index is 4.68. The zero-order chi connectivity index (χ0) is 18.8. The molecule has 0 N–H and O–H groups in total. The van der Waals surface area contributed by atoms with Crippen LogP contribution in [0.5, 0.6) is 0 Å². The van der Waals surface area contributed by atoms with Gasteiger partial charge in [-0.05, 0) is 39.3 Å². The Bertz CT molecular complexity index is 640. The lowest BCUT2D eigenvalue weighted by Gasteiger charge is -2.12. The minimum absolute atomic E-state index is 0.871. The van der Waals surface area contributed by atoms with E-state index in [1.54, 1.807) is 0 Å². The van der Waals surface area contributed by atoms with E-state index in [-0.39, 0.29) is 0 Å². The number of hydrogen-bond acceptors (Lipinski definition) is 4. The van der Waals surface area contributed by atoms with Gasteiger partial charge in [0.2, 0.25) is 0 Å². The van der Waals surface area contributed by atoms with Crippen LogP contribution in [0.25, 0.3) is 0 Å². The second kappa shape index (κ2) is 10.6. The van der Waals surface area contributed by atoms with Gasteiger partial charge in [-0.1, -0.05) is 60.7 Å². The molecule has 0 heterocycles. The summed E-state index contributed by atoms with van der Waals surface area (Å²) < 4.78 is 0. The summed E-state index contributed by atoms with van der Waals surface area (Å²) in [6.45, 7) is 1.89. The smallest absolute Gasteiger partial charge is 0.0715 e. The van der Waals surface area contributed by atoms with E-state index in [1.165, 1.54) is 0 Å². The zero-order valence-electron chi connectivity index (χ0n) is 16.4. The molecule has 26 heavy (non-hydrogen) atoms. The summed E-state index contributed by atoms with van der Waals surface area (Å²) in [7, 11) is 8.33. The molecule has 138 valence electrons. The molecule has 0 unspecified atom stereocenters. The minimum Gasteiger partial charge on any atom is -0.309 e. The van der Waals surface area contributed by atoms with Crippen molar-refractivity contribution >= 4 is 11.4 Å². The van der Waals surface area contributed by atoms with Crippen molar-refractivity contribution in [1.29, 1.82) is 0 Å². The molecule has 4 heteroatoms. The molecule has 0 saturated heterocycles. The summed E-state index contributed by atoms with van der Waals surface area (Å²) in [5.74, 6) is 0. The van der Waals surface area contributed by atoms with Crippen LogP contribution in [0.2, 0.25) is 0 Å². The van der Waals surface area contributed by atoms with E-state index in [0.29, 0.717) is 0 Å². The Kier molecular flexibility index (Phi) is 8.19. The standard InChI is InChI=1S/C22H30N4/c1-25(2)17-15-21(19-11-7-5-8-12-19)23-24-22(16-18-26(3)4)20-13-9-6-10-14-20/h5-14H,15-18H2,1-4H3/b23-21-,24-22-. The van der Waals surface area contributed by atoms with Crippen LogP contribution in [0, 0.1) is 0 Å². The van der Waals surface area contributed by atoms with Gasteiger partial charge in [0.15, 0.2) is 0 Å². The average molecular weight is 351 g/mol. The largest absolute Gasteiger partial charge is 0.309 e. The number of benzene rings is 2. The third-order valence-corrected chi connectivity index (χ3v) is 4.10. The zero-order valence-corrected chi connectivity index (χ0v) is 16.4. The van der Waals surface area contributed by atoms with Crippen molar-refractivity contribution in [3.05, 3.63) is 71.8 Å². The molecule has 0 aliphatic rings. The number of nitrogens with zero attached hydrogens (tertiary/aromatic N) is 4. The van der Waals surface area contributed by atoms with E-state index in [2.05, 4.69) is 72.5 Å². The van der Waals surface area contributed by atoms with Crippen LogP contribution in [0.3, 0.4) is 0 Å². The van der Waals surface area contributed by atoms with E-state index in [1.807, 2.05) is 36.4 Å². The highest BCUT2D eigenvalue weighted by Crippen LogP contribution is 2.09. The average Bonchev–Trinajstić information content (AvgIpc) is 2.65. The van der Waals surface area contributed by atoms with Crippen molar-refractivity contribution in [2.45, 2.75) is 12.8 Å². The molecule has 2 aromatic carbocycles. The SMILES string of the molecule is CN(C)CC/C(=N/N=C(/CCN(C)C)c1ccccc1)c1ccccc1. The molecular weight excluding hydrogens is 320 g/mol. The maximum absolute atomic E-state index is 4.68. The first kappa shape index (κ1) is 20.0. The Morgan fingerprint density at radius 1 is 0.615 bits per heavy atom. The van der Waals surface area contributed by atoms with Crippen molar-refractivity contribution in [3.8, 4) is 0 Å². The molecule has 0 spiro atoms. The molecule has 0 amide bonds. The highest BCUT2D eigenvalue weighted by atomic mass is 15.2. The van der Waals surface area contributed by atoms with Crippen LogP contribution >= 0.6 is 0 Å². The van der Waals surface area contributed by atoms with Gasteiger partial charge in [-0.25, -0.2) is 0 Å². The summed E-state index contributed by atoms with van der Waals surface area (Å²) in [5, 5.41) is 9.36. The Hall–Kier alpha value is -2.30. The van der Waals surface area contributed by atoms with E-state index in [0.717, 1.165) is 48.5 Å². The summed E-state index contributed by atoms with van der Waals surface area (Å²) in [6.07, 6.45) is 1.74. The summed E-state index contributed by atoms with van der Waals surface area (Å²) in [4.78, 5) is 4.35. The van der Waals surface area contributed by atoms with Crippen molar-refractivity contribution in [2.75, 3.05) is 41.3 Å². The minimum atomic E-state index is 0.871. The van der Waals surface area contributed by atoms with Gasteiger partial charge in [-0.3, -0.25) is 0 Å². The fraction of sp³-hybridized carbons (Fsp3) is 0.364. The van der Waals surface area contributed by atoms with Gasteiger partial charge in [0, 0.05) is 25.9 Å². The summed E-state index contributed by atoms with van der Waals surface area (Å²) >= 11 is 0. The quantitative estimate of drug-likeness (QED) is 0.509. The molecule has 4 nitrogen and oxygen atoms in total. The summed E-state index contributed by atoms with van der Waals surface area (Å²) in [5.41, 5.74) is 4.33. The van der Waals surface area contributed by atoms with E-state index < -0.39 is 0 Å². The number of hydrogen-bond donors (Lipinski definition) is 0. The maximum Gasteiger partial charge on any atom is 0.0715 e. The van der Waals surface area contributed by atoms with Gasteiger partial charge in [0.25, 0.3) is 0 Å². The second-order valence-electron chi connectivity index (χ2n) is 6.93. The summed E-state index contributed by atoms with van der Waals surface area (Å²) in [6, 6.07) is 20.7. The fourth-order valence-corrected chi connectivity index (χ4v) is 2.54. The lowest BCUT2D eigenvalue weighted by atomic mass is 10.1. The van der Waals surface area contributed by atoms with Gasteiger partial charge in [0.05, 0.1) is 11.4 Å². The molecule has 2 rings (SSSR count). The molecular formula is C22H30N4. The van der Waals surface area contributed by atoms with Crippen LogP contribution in [0.1, 0.15) is 24.0 Å². The molecule has 0 aliphatic carbocycles. The molecule has 0 bridgehead atoms. The van der Waals surface area contributed by atoms with Gasteiger partial charge < -0.3 is 9.80 Å². The van der Waals surface area contributed by atoms with Crippen molar-refractivity contribution in [1.82, 2.24) is 9.80 Å². The molecule has 0 aliphatic heterocycles. The number of rotatable bonds is 9. The van der Waals surface area contributed by atoms with Gasteiger partial charge in [-0.2, -0.15) is 10.2 Å². The van der Waals surface area contributed by atoms with E-state index >= 15 is 0 Å². The molecule has 0 atom stereocenters. The van der Waals surface area contributed by atoms with E-state index in [4.69, 9.17) is 0 Å². The lowest BCUT2D eigenvalue weighted by molar-refractivity contribution is 0.421. The Balaban J connectivity index is 2.32. The normalized spacial score (nSPS) is 12.8. The Morgan fingerprint density at radius 3 is 1.27 bits per heavy atom. The Labute approximate surface area is 157 Å². The third-order valence-electron chi connectivity index (χ3n) is 4.10. The highest BCUT2D eigenvalue weighted by molar-refractivity contribution is 6.03. The molecule has 0 radical (unpaired) electrons. The topological polar surface area (TPSA) is 31.2 Å². The van der Waals surface area contributed by atoms with Crippen molar-refractivity contribution < 1.29 is 0 Å². The first-order chi connectivity index (χ1) is 12.6. The third kappa shape index (κ3) is 6.90. The second-order valence-corrected chi connectivity index (χ2v) is 6.93. The van der Waals surface area contributed by atoms with Crippen LogP contribution < -0.4 is 0 Å². The van der Waals surface area contributed by atoms with E-state index in [9.17, 15) is 0 Å². The van der Waals surface area contributed by atoms with Gasteiger partial charge in [-0.15, -0.1) is 0 Å². The lowest BCUT2D eigenvalue weighted by Crippen LogP contribution is -2.18. The van der Waals surface area contributed by atoms with Crippen molar-refractivity contribution in [3.63, 3.8) is 0 Å². The highest BCUT2D eigenvalue weighted by Gasteiger charge is 2.07.